The Labute approximate surface area is 130 Å². The Hall–Kier alpha value is -1.59. The molecule has 3 nitrogen and oxygen atoms in total. The molecule has 1 aliphatic rings. The number of rotatable bonds is 4. The van der Waals surface area contributed by atoms with Crippen molar-refractivity contribution in [3.05, 3.63) is 57.3 Å². The predicted octanol–water partition coefficient (Wildman–Crippen LogP) is 3.59. The molecule has 0 bridgehead atoms. The number of benzene rings is 2. The van der Waals surface area contributed by atoms with E-state index < -0.39 is 5.82 Å². The summed E-state index contributed by atoms with van der Waals surface area (Å²) in [5.74, 6) is 0.953. The molecule has 110 valence electrons. The summed E-state index contributed by atoms with van der Waals surface area (Å²) < 4.78 is 25.5. The maximum absolute atomic E-state index is 13.1. The normalized spacial score (nSPS) is 12.9. The highest BCUT2D eigenvalue weighted by atomic mass is 79.9. The summed E-state index contributed by atoms with van der Waals surface area (Å²) in [6.07, 6.45) is 0.889. The van der Waals surface area contributed by atoms with Gasteiger partial charge >= 0.3 is 0 Å². The van der Waals surface area contributed by atoms with Crippen LogP contribution >= 0.6 is 15.9 Å². The first-order chi connectivity index (χ1) is 10.2. The van der Waals surface area contributed by atoms with Gasteiger partial charge in [0, 0.05) is 22.0 Å². The number of fused-ring (bicyclic) bond motifs is 1. The molecule has 1 heterocycles. The number of ether oxygens (including phenoxy) is 2. The molecule has 0 atom stereocenters. The number of aliphatic hydroxyl groups is 1. The van der Waals surface area contributed by atoms with E-state index in [4.69, 9.17) is 9.47 Å². The van der Waals surface area contributed by atoms with Gasteiger partial charge in [-0.25, -0.2) is 4.39 Å². The van der Waals surface area contributed by atoms with Crippen molar-refractivity contribution in [3.8, 4) is 11.5 Å². The van der Waals surface area contributed by atoms with Crippen LogP contribution < -0.4 is 9.47 Å². The van der Waals surface area contributed by atoms with Gasteiger partial charge in [-0.05, 0) is 35.9 Å². The van der Waals surface area contributed by atoms with Crippen LogP contribution in [0.25, 0.3) is 0 Å². The van der Waals surface area contributed by atoms with Gasteiger partial charge in [0.05, 0.1) is 13.2 Å². The van der Waals surface area contributed by atoms with Crippen LogP contribution in [0.2, 0.25) is 0 Å². The van der Waals surface area contributed by atoms with Crippen LogP contribution in [-0.2, 0) is 19.6 Å². The lowest BCUT2D eigenvalue weighted by Gasteiger charge is -2.13. The average Bonchev–Trinajstić information content (AvgIpc) is 2.93. The zero-order chi connectivity index (χ0) is 14.8. The number of hydrogen-bond acceptors (Lipinski definition) is 3. The Balaban J connectivity index is 1.83. The zero-order valence-electron chi connectivity index (χ0n) is 11.2. The molecule has 1 aliphatic heterocycles. The van der Waals surface area contributed by atoms with Gasteiger partial charge in [-0.15, -0.1) is 0 Å². The summed E-state index contributed by atoms with van der Waals surface area (Å²) in [7, 11) is 0. The van der Waals surface area contributed by atoms with E-state index in [1.165, 1.54) is 18.2 Å². The van der Waals surface area contributed by atoms with Crippen molar-refractivity contribution in [2.24, 2.45) is 0 Å². The number of halogens is 2. The second kappa shape index (κ2) is 6.03. The van der Waals surface area contributed by atoms with Gasteiger partial charge in [-0.2, -0.15) is 0 Å². The summed E-state index contributed by atoms with van der Waals surface area (Å²) in [5, 5.41) is 9.26. The molecule has 21 heavy (non-hydrogen) atoms. The van der Waals surface area contributed by atoms with E-state index in [0.717, 1.165) is 27.8 Å². The van der Waals surface area contributed by atoms with Gasteiger partial charge in [0.1, 0.15) is 23.9 Å². The molecule has 5 heteroatoms. The number of hydrogen-bond donors (Lipinski definition) is 1. The molecular weight excluding hydrogens is 339 g/mol. The van der Waals surface area contributed by atoms with Crippen LogP contribution in [0.5, 0.6) is 11.5 Å². The van der Waals surface area contributed by atoms with E-state index in [9.17, 15) is 9.50 Å². The van der Waals surface area contributed by atoms with Crippen molar-refractivity contribution in [2.75, 3.05) is 6.61 Å². The Morgan fingerprint density at radius 1 is 1.24 bits per heavy atom. The molecule has 0 amide bonds. The molecule has 0 unspecified atom stereocenters. The zero-order valence-corrected chi connectivity index (χ0v) is 12.8. The first kappa shape index (κ1) is 14.4. The fourth-order valence-electron chi connectivity index (χ4n) is 2.42. The summed E-state index contributed by atoms with van der Waals surface area (Å²) in [6.45, 7) is 0.720. The minimum atomic E-state index is -0.391. The third-order valence-corrected chi connectivity index (χ3v) is 3.86. The summed E-state index contributed by atoms with van der Waals surface area (Å²) in [5.41, 5.74) is 2.53. The van der Waals surface area contributed by atoms with Crippen molar-refractivity contribution in [3.63, 3.8) is 0 Å². The lowest BCUT2D eigenvalue weighted by Crippen LogP contribution is -2.01. The summed E-state index contributed by atoms with van der Waals surface area (Å²) >= 11 is 3.48. The van der Waals surface area contributed by atoms with Crippen LogP contribution in [0.4, 0.5) is 4.39 Å². The van der Waals surface area contributed by atoms with Crippen molar-refractivity contribution >= 4 is 15.9 Å². The molecule has 0 fully saturated rings. The standard InChI is InChI=1S/C16H14BrFO3/c17-13-5-10-3-4-20-16(10)12(6-13)9-21-15-2-1-14(18)7-11(15)8-19/h1-2,5-7,19H,3-4,8-9H2. The lowest BCUT2D eigenvalue weighted by molar-refractivity contribution is 0.255. The van der Waals surface area contributed by atoms with E-state index >= 15 is 0 Å². The topological polar surface area (TPSA) is 38.7 Å². The molecule has 1 N–H and O–H groups in total. The van der Waals surface area contributed by atoms with E-state index in [0.29, 0.717) is 24.5 Å². The third kappa shape index (κ3) is 3.04. The predicted molar refractivity (Wildman–Crippen MR) is 80.0 cm³/mol. The molecule has 2 aromatic rings. The molecule has 0 aliphatic carbocycles. The van der Waals surface area contributed by atoms with Crippen molar-refractivity contribution < 1.29 is 19.0 Å². The molecule has 0 saturated carbocycles. The Morgan fingerprint density at radius 3 is 2.90 bits per heavy atom. The van der Waals surface area contributed by atoms with Crippen LogP contribution in [0.3, 0.4) is 0 Å². The number of aliphatic hydroxyl groups excluding tert-OH is 1. The largest absolute Gasteiger partial charge is 0.493 e. The SMILES string of the molecule is OCc1cc(F)ccc1OCc1cc(Br)cc2c1OCC2. The van der Waals surface area contributed by atoms with Crippen molar-refractivity contribution in [1.82, 2.24) is 0 Å². The molecular formula is C16H14BrFO3. The Bertz CT molecular complexity index is 673. The molecule has 2 aromatic carbocycles. The Kier molecular flexibility index (Phi) is 4.12. The minimum Gasteiger partial charge on any atom is -0.493 e. The quantitative estimate of drug-likeness (QED) is 0.913. The van der Waals surface area contributed by atoms with Gasteiger partial charge in [0.2, 0.25) is 0 Å². The molecule has 0 saturated heterocycles. The van der Waals surface area contributed by atoms with Crippen molar-refractivity contribution in [1.29, 1.82) is 0 Å². The maximum Gasteiger partial charge on any atom is 0.129 e. The van der Waals surface area contributed by atoms with Gasteiger partial charge in [0.15, 0.2) is 0 Å². The van der Waals surface area contributed by atoms with Crippen LogP contribution in [-0.4, -0.2) is 11.7 Å². The van der Waals surface area contributed by atoms with Crippen LogP contribution in [0.1, 0.15) is 16.7 Å². The van der Waals surface area contributed by atoms with Gasteiger partial charge < -0.3 is 14.6 Å². The molecule has 0 aromatic heterocycles. The molecule has 0 spiro atoms. The molecule has 0 radical (unpaired) electrons. The summed E-state index contributed by atoms with van der Waals surface area (Å²) in [4.78, 5) is 0. The second-order valence-corrected chi connectivity index (χ2v) is 5.77. The van der Waals surface area contributed by atoms with Gasteiger partial charge in [0.25, 0.3) is 0 Å². The monoisotopic (exact) mass is 352 g/mol. The highest BCUT2D eigenvalue weighted by molar-refractivity contribution is 9.10. The fraction of sp³-hybridized carbons (Fsp3) is 0.250. The average molecular weight is 353 g/mol. The van der Waals surface area contributed by atoms with Gasteiger partial charge in [-0.1, -0.05) is 15.9 Å². The van der Waals surface area contributed by atoms with Crippen LogP contribution in [0, 0.1) is 5.82 Å². The van der Waals surface area contributed by atoms with Crippen molar-refractivity contribution in [2.45, 2.75) is 19.6 Å². The minimum absolute atomic E-state index is 0.264. The maximum atomic E-state index is 13.1. The summed E-state index contributed by atoms with van der Waals surface area (Å²) in [6, 6.07) is 8.11. The fourth-order valence-corrected chi connectivity index (χ4v) is 2.97. The third-order valence-electron chi connectivity index (χ3n) is 3.40. The van der Waals surface area contributed by atoms with E-state index in [2.05, 4.69) is 15.9 Å². The smallest absolute Gasteiger partial charge is 0.129 e. The van der Waals surface area contributed by atoms with E-state index in [-0.39, 0.29) is 6.61 Å². The van der Waals surface area contributed by atoms with Crippen LogP contribution in [0.15, 0.2) is 34.8 Å². The van der Waals surface area contributed by atoms with E-state index in [1.807, 2.05) is 12.1 Å². The first-order valence-corrected chi connectivity index (χ1v) is 7.43. The first-order valence-electron chi connectivity index (χ1n) is 6.63. The highest BCUT2D eigenvalue weighted by Gasteiger charge is 2.18. The molecule has 3 rings (SSSR count). The van der Waals surface area contributed by atoms with E-state index in [1.54, 1.807) is 0 Å². The Morgan fingerprint density at radius 2 is 2.10 bits per heavy atom. The van der Waals surface area contributed by atoms with Gasteiger partial charge in [-0.3, -0.25) is 0 Å². The highest BCUT2D eigenvalue weighted by Crippen LogP contribution is 2.34. The lowest BCUT2D eigenvalue weighted by atomic mass is 10.1. The second-order valence-electron chi connectivity index (χ2n) is 4.85.